The van der Waals surface area contributed by atoms with E-state index in [-0.39, 0.29) is 24.1 Å². The molecule has 0 N–H and O–H groups in total. The molecule has 36 heavy (non-hydrogen) atoms. The lowest BCUT2D eigenvalue weighted by molar-refractivity contribution is 0.0764. The zero-order valence-corrected chi connectivity index (χ0v) is 21.0. The molecule has 7 heteroatoms. The maximum Gasteiger partial charge on any atom is 0.261 e. The molecule has 0 fully saturated rings. The SMILES string of the molecule is COc1ccc(CN(CP(=O)(c2ccccc2)c2ccccc2)C(=O)c2c(F)cccc2OC)cc1. The Morgan fingerprint density at radius 3 is 1.89 bits per heavy atom. The van der Waals surface area contributed by atoms with E-state index in [9.17, 15) is 13.8 Å². The van der Waals surface area contributed by atoms with Crippen molar-refractivity contribution in [2.24, 2.45) is 0 Å². The summed E-state index contributed by atoms with van der Waals surface area (Å²) < 4.78 is 40.3. The highest BCUT2D eigenvalue weighted by atomic mass is 31.2. The van der Waals surface area contributed by atoms with Crippen molar-refractivity contribution in [1.29, 1.82) is 0 Å². The van der Waals surface area contributed by atoms with Crippen molar-refractivity contribution >= 4 is 23.7 Å². The first kappa shape index (κ1) is 25.2. The first-order valence-electron chi connectivity index (χ1n) is 11.4. The van der Waals surface area contributed by atoms with Gasteiger partial charge in [0.2, 0.25) is 0 Å². The molecule has 0 aliphatic carbocycles. The summed E-state index contributed by atoms with van der Waals surface area (Å²) in [7, 11) is -0.367. The lowest BCUT2D eigenvalue weighted by Gasteiger charge is -2.29. The van der Waals surface area contributed by atoms with Crippen LogP contribution in [0.15, 0.2) is 103 Å². The molecule has 0 unspecified atom stereocenters. The number of hydrogen-bond donors (Lipinski definition) is 0. The number of carbonyl (C=O) groups excluding carboxylic acids is 1. The Kier molecular flexibility index (Phi) is 7.87. The second kappa shape index (κ2) is 11.2. The molecule has 4 rings (SSSR count). The Morgan fingerprint density at radius 2 is 1.36 bits per heavy atom. The Balaban J connectivity index is 1.82. The number of hydrogen-bond acceptors (Lipinski definition) is 4. The lowest BCUT2D eigenvalue weighted by atomic mass is 10.1. The fraction of sp³-hybridized carbons (Fsp3) is 0.138. The van der Waals surface area contributed by atoms with Gasteiger partial charge in [-0.05, 0) is 29.8 Å². The third-order valence-electron chi connectivity index (χ3n) is 5.95. The summed E-state index contributed by atoms with van der Waals surface area (Å²) in [5.41, 5.74) is 0.591. The molecule has 0 aliphatic rings. The van der Waals surface area contributed by atoms with Crippen LogP contribution < -0.4 is 20.1 Å². The summed E-state index contributed by atoms with van der Waals surface area (Å²) in [6.07, 6.45) is -0.122. The van der Waals surface area contributed by atoms with Crippen molar-refractivity contribution < 1.29 is 23.2 Å². The second-order valence-electron chi connectivity index (χ2n) is 8.22. The summed E-state index contributed by atoms with van der Waals surface area (Å²) in [5.74, 6) is -0.512. The van der Waals surface area contributed by atoms with Gasteiger partial charge in [-0.3, -0.25) is 4.79 Å². The van der Waals surface area contributed by atoms with E-state index in [1.807, 2.05) is 48.5 Å². The van der Waals surface area contributed by atoms with Gasteiger partial charge < -0.3 is 18.9 Å². The highest BCUT2D eigenvalue weighted by Crippen LogP contribution is 2.45. The fourth-order valence-electron chi connectivity index (χ4n) is 4.07. The third-order valence-corrected chi connectivity index (χ3v) is 8.95. The minimum atomic E-state index is -3.33. The van der Waals surface area contributed by atoms with Crippen LogP contribution in [-0.4, -0.2) is 31.3 Å². The van der Waals surface area contributed by atoms with E-state index in [4.69, 9.17) is 9.47 Å². The average Bonchev–Trinajstić information content (AvgIpc) is 2.93. The topological polar surface area (TPSA) is 55.8 Å². The maximum absolute atomic E-state index is 15.0. The van der Waals surface area contributed by atoms with Gasteiger partial charge in [-0.15, -0.1) is 0 Å². The van der Waals surface area contributed by atoms with Gasteiger partial charge in [-0.25, -0.2) is 4.39 Å². The smallest absolute Gasteiger partial charge is 0.261 e. The molecule has 0 aliphatic heterocycles. The minimum Gasteiger partial charge on any atom is -0.497 e. The molecule has 0 saturated heterocycles. The summed E-state index contributed by atoms with van der Waals surface area (Å²) >= 11 is 0. The summed E-state index contributed by atoms with van der Waals surface area (Å²) in [5, 5.41) is 1.23. The van der Waals surface area contributed by atoms with E-state index in [0.717, 1.165) is 5.56 Å². The highest BCUT2D eigenvalue weighted by Gasteiger charge is 2.34. The summed E-state index contributed by atoms with van der Waals surface area (Å²) in [4.78, 5) is 15.3. The van der Waals surface area contributed by atoms with Gasteiger partial charge >= 0.3 is 0 Å². The highest BCUT2D eigenvalue weighted by molar-refractivity contribution is 7.78. The standard InChI is InChI=1S/C29H27FNO4P/c1-34-23-18-16-22(17-19-23)20-31(29(32)28-26(30)14-9-15-27(28)35-2)21-36(33,24-10-5-3-6-11-24)25-12-7-4-8-13-25/h3-19H,20-21H2,1-2H3. The second-order valence-corrected chi connectivity index (χ2v) is 11.0. The first-order chi connectivity index (χ1) is 17.5. The van der Waals surface area contributed by atoms with Gasteiger partial charge in [0.05, 0.1) is 20.5 Å². The van der Waals surface area contributed by atoms with Crippen molar-refractivity contribution in [2.45, 2.75) is 6.54 Å². The predicted octanol–water partition coefficient (Wildman–Crippen LogP) is 5.46. The van der Waals surface area contributed by atoms with Crippen LogP contribution in [0.4, 0.5) is 4.39 Å². The van der Waals surface area contributed by atoms with E-state index in [1.54, 1.807) is 43.5 Å². The largest absolute Gasteiger partial charge is 0.497 e. The molecular formula is C29H27FNO4P. The predicted molar refractivity (Wildman–Crippen MR) is 140 cm³/mol. The first-order valence-corrected chi connectivity index (χ1v) is 13.3. The van der Waals surface area contributed by atoms with Crippen LogP contribution in [0.25, 0.3) is 0 Å². The molecule has 0 saturated carbocycles. The van der Waals surface area contributed by atoms with Crippen LogP contribution in [0.3, 0.4) is 0 Å². The third kappa shape index (κ3) is 5.34. The van der Waals surface area contributed by atoms with Crippen molar-refractivity contribution in [3.05, 3.63) is 120 Å². The van der Waals surface area contributed by atoms with Gasteiger partial charge in [0.1, 0.15) is 22.9 Å². The lowest BCUT2D eigenvalue weighted by Crippen LogP contribution is -2.36. The van der Waals surface area contributed by atoms with Crippen LogP contribution >= 0.6 is 7.14 Å². The minimum absolute atomic E-state index is 0.115. The van der Waals surface area contributed by atoms with Gasteiger partial charge in [0, 0.05) is 17.2 Å². The maximum atomic E-state index is 15.0. The van der Waals surface area contributed by atoms with Crippen LogP contribution in [0.2, 0.25) is 0 Å². The molecule has 0 spiro atoms. The van der Waals surface area contributed by atoms with Gasteiger partial charge in [0.25, 0.3) is 5.91 Å². The number of amides is 1. The Bertz CT molecular complexity index is 1320. The monoisotopic (exact) mass is 503 g/mol. The fourth-order valence-corrected chi connectivity index (χ4v) is 6.71. The number of nitrogens with zero attached hydrogens (tertiary/aromatic N) is 1. The number of carbonyl (C=O) groups is 1. The molecule has 0 bridgehead atoms. The molecule has 0 radical (unpaired) electrons. The zero-order chi connectivity index (χ0) is 25.5. The summed E-state index contributed by atoms with van der Waals surface area (Å²) in [6.45, 7) is 0.115. The molecular weight excluding hydrogens is 476 g/mol. The van der Waals surface area contributed by atoms with Crippen molar-refractivity contribution in [2.75, 3.05) is 20.5 Å². The molecule has 4 aromatic carbocycles. The molecule has 0 heterocycles. The molecule has 1 amide bonds. The normalized spacial score (nSPS) is 11.1. The Hall–Kier alpha value is -3.89. The van der Waals surface area contributed by atoms with E-state index >= 15 is 0 Å². The van der Waals surface area contributed by atoms with E-state index in [2.05, 4.69) is 0 Å². The Morgan fingerprint density at radius 1 is 0.778 bits per heavy atom. The van der Waals surface area contributed by atoms with Crippen molar-refractivity contribution in [3.63, 3.8) is 0 Å². The van der Waals surface area contributed by atoms with Crippen LogP contribution in [0.5, 0.6) is 11.5 Å². The van der Waals surface area contributed by atoms with Gasteiger partial charge in [-0.2, -0.15) is 0 Å². The Labute approximate surface area is 210 Å². The molecule has 0 aromatic heterocycles. The molecule has 4 aromatic rings. The van der Waals surface area contributed by atoms with Crippen LogP contribution in [0.1, 0.15) is 15.9 Å². The van der Waals surface area contributed by atoms with Crippen LogP contribution in [-0.2, 0) is 11.1 Å². The molecule has 184 valence electrons. The van der Waals surface area contributed by atoms with E-state index in [0.29, 0.717) is 16.4 Å². The van der Waals surface area contributed by atoms with Crippen LogP contribution in [0, 0.1) is 5.82 Å². The molecule has 0 atom stereocenters. The number of methoxy groups -OCH3 is 2. The quantitative estimate of drug-likeness (QED) is 0.285. The van der Waals surface area contributed by atoms with Gasteiger partial charge in [-0.1, -0.05) is 78.9 Å². The average molecular weight is 504 g/mol. The van der Waals surface area contributed by atoms with Gasteiger partial charge in [0.15, 0.2) is 7.14 Å². The van der Waals surface area contributed by atoms with Crippen molar-refractivity contribution in [1.82, 2.24) is 4.90 Å². The number of ether oxygens (including phenoxy) is 2. The van der Waals surface area contributed by atoms with E-state index in [1.165, 1.54) is 30.2 Å². The van der Waals surface area contributed by atoms with Crippen molar-refractivity contribution in [3.8, 4) is 11.5 Å². The summed E-state index contributed by atoms with van der Waals surface area (Å²) in [6, 6.07) is 29.6. The molecule has 5 nitrogen and oxygen atoms in total. The zero-order valence-electron chi connectivity index (χ0n) is 20.1. The number of benzene rings is 4. The number of halogens is 1. The number of rotatable bonds is 9. The van der Waals surface area contributed by atoms with E-state index < -0.39 is 18.9 Å².